The Kier molecular flexibility index (Phi) is 7.36. The van der Waals surface area contributed by atoms with Crippen molar-refractivity contribution in [2.24, 2.45) is 7.05 Å². The number of rotatable bonds is 10. The molecule has 1 amide bonds. The number of aryl methyl sites for hydroxylation is 1. The van der Waals surface area contributed by atoms with E-state index >= 15 is 0 Å². The van der Waals surface area contributed by atoms with Gasteiger partial charge in [-0.2, -0.15) is 24.2 Å². The molecule has 2 aromatic heterocycles. The molecule has 10 nitrogen and oxygen atoms in total. The molecule has 5 rings (SSSR count). The number of hydrogen-bond acceptors (Lipinski definition) is 7. The second-order valence-electron chi connectivity index (χ2n) is 11.0. The molecule has 2 N–H and O–H groups in total. The van der Waals surface area contributed by atoms with Crippen molar-refractivity contribution in [3.63, 3.8) is 0 Å². The molecule has 1 aliphatic rings. The maximum absolute atomic E-state index is 14.1. The number of nitriles is 1. The highest BCUT2D eigenvalue weighted by Gasteiger charge is 2.43. The molecule has 0 aliphatic heterocycles. The van der Waals surface area contributed by atoms with Crippen LogP contribution in [0.2, 0.25) is 0 Å². The van der Waals surface area contributed by atoms with Crippen LogP contribution in [0.15, 0.2) is 36.7 Å². The van der Waals surface area contributed by atoms with Gasteiger partial charge < -0.3 is 19.9 Å². The summed E-state index contributed by atoms with van der Waals surface area (Å²) < 4.78 is 54.3. The van der Waals surface area contributed by atoms with Gasteiger partial charge in [0.25, 0.3) is 5.91 Å². The van der Waals surface area contributed by atoms with Gasteiger partial charge in [0.15, 0.2) is 0 Å². The smallest absolute Gasteiger partial charge is 0.387 e. The highest BCUT2D eigenvalue weighted by atomic mass is 19.3. The Hall–Kier alpha value is -4.57. The molecule has 0 bridgehead atoms. The van der Waals surface area contributed by atoms with E-state index in [0.717, 1.165) is 0 Å². The fraction of sp³-hybridized carbons (Fsp3) is 0.379. The number of benzene rings is 2. The average molecular weight is 583 g/mol. The zero-order valence-electron chi connectivity index (χ0n) is 23.4. The number of halogens is 3. The number of nitrogens with zero attached hydrogens (tertiary/aromatic N) is 5. The van der Waals surface area contributed by atoms with E-state index in [-0.39, 0.29) is 30.0 Å². The number of carbonyl (C=O) groups excluding carboxylic acids is 1. The van der Waals surface area contributed by atoms with E-state index in [2.05, 4.69) is 21.6 Å². The summed E-state index contributed by atoms with van der Waals surface area (Å²) in [5.74, 6) is -1.36. The van der Waals surface area contributed by atoms with Crippen LogP contribution in [0.5, 0.6) is 11.5 Å². The molecule has 220 valence electrons. The van der Waals surface area contributed by atoms with Gasteiger partial charge in [0.2, 0.25) is 0 Å². The monoisotopic (exact) mass is 582 g/mol. The van der Waals surface area contributed by atoms with Crippen LogP contribution in [0.3, 0.4) is 0 Å². The standard InChI is InChI=1S/C29H29F3N6O4/c1-28(2,40)15-38-13-19(12-35-38)16-7-18(11-33)23-20(8-16)36-37(3)25(23)17-9-21(41-4)24(22(10-17)42-27(30)31)26(39)34-14-29(32)5-6-29/h7-10,12-13,27,40H,5-6,14-15H2,1-4H3,(H,34,39). The molecule has 0 saturated heterocycles. The van der Waals surface area contributed by atoms with Gasteiger partial charge in [-0.1, -0.05) is 0 Å². The number of amides is 1. The van der Waals surface area contributed by atoms with Gasteiger partial charge in [-0.15, -0.1) is 0 Å². The van der Waals surface area contributed by atoms with E-state index in [1.807, 2.05) is 0 Å². The number of hydrogen-bond donors (Lipinski definition) is 2. The average Bonchev–Trinajstić information content (AvgIpc) is 3.31. The fourth-order valence-electron chi connectivity index (χ4n) is 4.85. The number of alkyl halides is 3. The highest BCUT2D eigenvalue weighted by molar-refractivity contribution is 6.03. The van der Waals surface area contributed by atoms with E-state index in [9.17, 15) is 28.3 Å². The van der Waals surface area contributed by atoms with Crippen LogP contribution in [0.1, 0.15) is 42.6 Å². The van der Waals surface area contributed by atoms with Crippen LogP contribution >= 0.6 is 0 Å². The van der Waals surface area contributed by atoms with Crippen molar-refractivity contribution < 1.29 is 32.5 Å². The summed E-state index contributed by atoms with van der Waals surface area (Å²) in [5, 5.41) is 32.0. The number of fused-ring (bicyclic) bond motifs is 1. The number of ether oxygens (including phenoxy) is 2. The molecular formula is C29H29F3N6O4. The molecule has 42 heavy (non-hydrogen) atoms. The number of aliphatic hydroxyl groups is 1. The Morgan fingerprint density at radius 3 is 2.55 bits per heavy atom. The van der Waals surface area contributed by atoms with E-state index in [4.69, 9.17) is 9.47 Å². The van der Waals surface area contributed by atoms with Gasteiger partial charge in [-0.25, -0.2) is 4.39 Å². The number of methoxy groups -OCH3 is 1. The van der Waals surface area contributed by atoms with Gasteiger partial charge in [0, 0.05) is 29.8 Å². The van der Waals surface area contributed by atoms with Crippen LogP contribution in [0.4, 0.5) is 13.2 Å². The first kappa shape index (κ1) is 28.9. The number of carbonyl (C=O) groups is 1. The summed E-state index contributed by atoms with van der Waals surface area (Å²) in [6.45, 7) is 0.0829. The van der Waals surface area contributed by atoms with Crippen LogP contribution in [0.25, 0.3) is 33.3 Å². The lowest BCUT2D eigenvalue weighted by Crippen LogP contribution is -2.31. The van der Waals surface area contributed by atoms with E-state index in [1.54, 1.807) is 50.1 Å². The zero-order valence-corrected chi connectivity index (χ0v) is 23.4. The normalized spacial score (nSPS) is 14.2. The van der Waals surface area contributed by atoms with Crippen molar-refractivity contribution in [3.05, 3.63) is 47.8 Å². The molecule has 0 unspecified atom stereocenters. The minimum atomic E-state index is -3.26. The predicted octanol–water partition coefficient (Wildman–Crippen LogP) is 4.59. The Balaban J connectivity index is 1.60. The number of nitrogens with one attached hydrogen (secondary N) is 1. The molecule has 4 aromatic rings. The third-order valence-electron chi connectivity index (χ3n) is 6.93. The second kappa shape index (κ2) is 10.7. The molecule has 0 atom stereocenters. The first-order chi connectivity index (χ1) is 19.8. The Labute approximate surface area is 239 Å². The summed E-state index contributed by atoms with van der Waals surface area (Å²) in [4.78, 5) is 13.0. The Morgan fingerprint density at radius 1 is 1.21 bits per heavy atom. The van der Waals surface area contributed by atoms with Gasteiger partial charge in [0.1, 0.15) is 22.7 Å². The Bertz CT molecular complexity index is 1710. The van der Waals surface area contributed by atoms with Crippen LogP contribution < -0.4 is 14.8 Å². The summed E-state index contributed by atoms with van der Waals surface area (Å²) >= 11 is 0. The summed E-state index contributed by atoms with van der Waals surface area (Å²) in [7, 11) is 2.90. The number of aromatic nitrogens is 4. The molecular weight excluding hydrogens is 553 g/mol. The quantitative estimate of drug-likeness (QED) is 0.280. The fourth-order valence-corrected chi connectivity index (χ4v) is 4.85. The molecule has 13 heteroatoms. The van der Waals surface area contributed by atoms with E-state index in [1.165, 1.54) is 23.9 Å². The first-order valence-corrected chi connectivity index (χ1v) is 13.1. The van der Waals surface area contributed by atoms with Crippen molar-refractivity contribution >= 4 is 16.8 Å². The molecule has 1 aliphatic carbocycles. The maximum Gasteiger partial charge on any atom is 0.387 e. The largest absolute Gasteiger partial charge is 0.496 e. The van der Waals surface area contributed by atoms with Crippen molar-refractivity contribution in [2.75, 3.05) is 13.7 Å². The third-order valence-corrected chi connectivity index (χ3v) is 6.93. The molecule has 2 aromatic carbocycles. The van der Waals surface area contributed by atoms with Crippen LogP contribution in [-0.4, -0.2) is 62.1 Å². The third kappa shape index (κ3) is 5.89. The first-order valence-electron chi connectivity index (χ1n) is 13.1. The van der Waals surface area contributed by atoms with E-state index in [0.29, 0.717) is 46.1 Å². The van der Waals surface area contributed by atoms with Crippen molar-refractivity contribution in [1.29, 1.82) is 5.26 Å². The predicted molar refractivity (Wildman–Crippen MR) is 147 cm³/mol. The lowest BCUT2D eigenvalue weighted by molar-refractivity contribution is -0.0502. The summed E-state index contributed by atoms with van der Waals surface area (Å²) in [6.07, 6.45) is 3.99. The zero-order chi connectivity index (χ0) is 30.4. The molecule has 1 saturated carbocycles. The van der Waals surface area contributed by atoms with Gasteiger partial charge in [-0.05, 0) is 56.5 Å². The molecule has 0 spiro atoms. The summed E-state index contributed by atoms with van der Waals surface area (Å²) in [6, 6.07) is 8.33. The van der Waals surface area contributed by atoms with Gasteiger partial charge in [-0.3, -0.25) is 14.2 Å². The van der Waals surface area contributed by atoms with Gasteiger partial charge in [0.05, 0.1) is 54.8 Å². The minimum Gasteiger partial charge on any atom is -0.496 e. The molecule has 1 fully saturated rings. The Morgan fingerprint density at radius 2 is 1.93 bits per heavy atom. The van der Waals surface area contributed by atoms with Crippen LogP contribution in [-0.2, 0) is 13.6 Å². The molecule has 2 heterocycles. The lowest BCUT2D eigenvalue weighted by Gasteiger charge is -2.17. The topological polar surface area (TPSA) is 127 Å². The van der Waals surface area contributed by atoms with Crippen molar-refractivity contribution in [1.82, 2.24) is 24.9 Å². The lowest BCUT2D eigenvalue weighted by atomic mass is 9.97. The van der Waals surface area contributed by atoms with Crippen molar-refractivity contribution in [2.45, 2.75) is 51.1 Å². The maximum atomic E-state index is 14.1. The van der Waals surface area contributed by atoms with Crippen LogP contribution in [0, 0.1) is 11.3 Å². The highest BCUT2D eigenvalue weighted by Crippen LogP contribution is 2.41. The van der Waals surface area contributed by atoms with E-state index < -0.39 is 29.5 Å². The molecule has 0 radical (unpaired) electrons. The van der Waals surface area contributed by atoms with Gasteiger partial charge >= 0.3 is 6.61 Å². The summed E-state index contributed by atoms with van der Waals surface area (Å²) in [5.41, 5.74) is 0.00394. The minimum absolute atomic E-state index is 0.0759. The SMILES string of the molecule is COc1cc(-c2c3c(C#N)cc(-c4cnn(CC(C)(C)O)c4)cc3nn2C)cc(OC(F)F)c1C(=O)NCC1(F)CC1. The second-order valence-corrected chi connectivity index (χ2v) is 11.0. The van der Waals surface area contributed by atoms with Crippen molar-refractivity contribution in [3.8, 4) is 40.0 Å².